The Hall–Kier alpha value is 0. The lowest BCUT2D eigenvalue weighted by atomic mass is 9.68. The molecule has 0 aromatic heterocycles. The zero-order valence-corrected chi connectivity index (χ0v) is 9.93. The number of rotatable bonds is 0. The Balaban J connectivity index is 1.76. The largest absolute Gasteiger partial charge is 0.0527 e. The summed E-state index contributed by atoms with van der Waals surface area (Å²) in [4.78, 5) is 0. The lowest BCUT2D eigenvalue weighted by Gasteiger charge is -2.36. The van der Waals surface area contributed by atoms with E-state index in [0.717, 1.165) is 10.8 Å². The van der Waals surface area contributed by atoms with Gasteiger partial charge in [0, 0.05) is 0 Å². The molecule has 0 aromatic rings. The first kappa shape index (κ1) is 9.07. The van der Waals surface area contributed by atoms with Crippen molar-refractivity contribution >= 4 is 0 Å². The minimum Gasteiger partial charge on any atom is -0.0527 e. The van der Waals surface area contributed by atoms with Crippen molar-refractivity contribution < 1.29 is 0 Å². The van der Waals surface area contributed by atoms with Gasteiger partial charge in [0.2, 0.25) is 0 Å². The summed E-state index contributed by atoms with van der Waals surface area (Å²) in [7, 11) is 0. The molecule has 0 aromatic carbocycles. The van der Waals surface area contributed by atoms with Crippen LogP contribution in [0.2, 0.25) is 0 Å². The molecule has 0 amide bonds. The van der Waals surface area contributed by atoms with Crippen molar-refractivity contribution in [2.45, 2.75) is 70.6 Å². The van der Waals surface area contributed by atoms with Crippen molar-refractivity contribution in [3.8, 4) is 0 Å². The van der Waals surface area contributed by atoms with Crippen LogP contribution in [0.3, 0.4) is 0 Å². The molecule has 2 spiro atoms. The maximum Gasteiger partial charge on any atom is -0.0235 e. The van der Waals surface area contributed by atoms with Crippen LogP contribution in [0.5, 0.6) is 0 Å². The summed E-state index contributed by atoms with van der Waals surface area (Å²) in [6.07, 6.45) is 17.5. The van der Waals surface area contributed by atoms with E-state index < -0.39 is 0 Å². The van der Waals surface area contributed by atoms with Crippen molar-refractivity contribution in [1.29, 1.82) is 0 Å². The van der Waals surface area contributed by atoms with Gasteiger partial charge in [-0.25, -0.2) is 0 Å². The first-order chi connectivity index (χ1) is 7.36. The van der Waals surface area contributed by atoms with Crippen molar-refractivity contribution in [3.05, 3.63) is 0 Å². The van der Waals surface area contributed by atoms with Crippen LogP contribution in [-0.2, 0) is 0 Å². The van der Waals surface area contributed by atoms with E-state index in [2.05, 4.69) is 0 Å². The second kappa shape index (κ2) is 2.81. The van der Waals surface area contributed by atoms with Gasteiger partial charge in [0.15, 0.2) is 0 Å². The number of hydrogen-bond donors (Lipinski definition) is 0. The van der Waals surface area contributed by atoms with Gasteiger partial charge >= 0.3 is 0 Å². The fourth-order valence-corrected chi connectivity index (χ4v) is 6.54. The first-order valence-corrected chi connectivity index (χ1v) is 7.36. The molecular weight excluding hydrogens is 180 g/mol. The Kier molecular flexibility index (Phi) is 1.70. The highest BCUT2D eigenvalue weighted by molar-refractivity contribution is 5.14. The molecule has 4 aliphatic carbocycles. The molecule has 4 rings (SSSR count). The summed E-state index contributed by atoms with van der Waals surface area (Å²) < 4.78 is 0. The van der Waals surface area contributed by atoms with Gasteiger partial charge in [0.1, 0.15) is 0 Å². The molecule has 3 atom stereocenters. The highest BCUT2D eigenvalue weighted by atomic mass is 14.7. The van der Waals surface area contributed by atoms with Crippen LogP contribution < -0.4 is 0 Å². The van der Waals surface area contributed by atoms with Gasteiger partial charge < -0.3 is 0 Å². The van der Waals surface area contributed by atoms with Crippen LogP contribution in [-0.4, -0.2) is 0 Å². The SMILES string of the molecule is C1CCC2(C1)CC1CCCC13CCCC23. The Morgan fingerprint density at radius 1 is 0.733 bits per heavy atom. The topological polar surface area (TPSA) is 0 Å². The van der Waals surface area contributed by atoms with E-state index in [1.807, 2.05) is 0 Å². The molecular formula is C15H24. The molecule has 0 heteroatoms. The summed E-state index contributed by atoms with van der Waals surface area (Å²) in [5, 5.41) is 0. The monoisotopic (exact) mass is 204 g/mol. The van der Waals surface area contributed by atoms with E-state index in [1.54, 1.807) is 70.6 Å². The quantitative estimate of drug-likeness (QED) is 0.543. The summed E-state index contributed by atoms with van der Waals surface area (Å²) in [5.41, 5.74) is 1.77. The van der Waals surface area contributed by atoms with E-state index in [9.17, 15) is 0 Å². The predicted octanol–water partition coefficient (Wildman–Crippen LogP) is 4.54. The highest BCUT2D eigenvalue weighted by Crippen LogP contribution is 2.73. The maximum atomic E-state index is 1.65. The van der Waals surface area contributed by atoms with E-state index in [4.69, 9.17) is 0 Å². The molecule has 4 aliphatic rings. The molecule has 0 aliphatic heterocycles. The molecule has 0 heterocycles. The van der Waals surface area contributed by atoms with Crippen LogP contribution in [0, 0.1) is 22.7 Å². The summed E-state index contributed by atoms with van der Waals surface area (Å²) in [6, 6.07) is 0. The average Bonchev–Trinajstić information content (AvgIpc) is 2.92. The molecule has 4 saturated carbocycles. The van der Waals surface area contributed by atoms with Gasteiger partial charge in [-0.2, -0.15) is 0 Å². The molecule has 0 nitrogen and oxygen atoms in total. The summed E-state index contributed by atoms with van der Waals surface area (Å²) in [6.45, 7) is 0. The van der Waals surface area contributed by atoms with Gasteiger partial charge in [-0.05, 0) is 67.6 Å². The fourth-order valence-electron chi connectivity index (χ4n) is 6.54. The minimum atomic E-state index is 0.877. The molecule has 15 heavy (non-hydrogen) atoms. The lowest BCUT2D eigenvalue weighted by molar-refractivity contribution is 0.126. The maximum absolute atomic E-state index is 1.65. The molecule has 0 N–H and O–H groups in total. The molecule has 0 bridgehead atoms. The van der Waals surface area contributed by atoms with E-state index in [1.165, 1.54) is 11.8 Å². The Bertz CT molecular complexity index is 270. The number of hydrogen-bond acceptors (Lipinski definition) is 0. The van der Waals surface area contributed by atoms with Gasteiger partial charge in [-0.1, -0.05) is 25.7 Å². The Morgan fingerprint density at radius 3 is 2.27 bits per heavy atom. The van der Waals surface area contributed by atoms with Gasteiger partial charge in [-0.3, -0.25) is 0 Å². The Labute approximate surface area is 93.8 Å². The van der Waals surface area contributed by atoms with Crippen LogP contribution in [0.4, 0.5) is 0 Å². The Morgan fingerprint density at radius 2 is 1.47 bits per heavy atom. The molecule has 0 saturated heterocycles. The van der Waals surface area contributed by atoms with E-state index in [0.29, 0.717) is 0 Å². The smallest absolute Gasteiger partial charge is 0.0235 e. The molecule has 0 radical (unpaired) electrons. The predicted molar refractivity (Wildman–Crippen MR) is 62.6 cm³/mol. The molecule has 3 unspecified atom stereocenters. The third-order valence-corrected chi connectivity index (χ3v) is 6.83. The van der Waals surface area contributed by atoms with Crippen molar-refractivity contribution in [3.63, 3.8) is 0 Å². The third-order valence-electron chi connectivity index (χ3n) is 6.83. The van der Waals surface area contributed by atoms with Crippen LogP contribution in [0.1, 0.15) is 70.6 Å². The van der Waals surface area contributed by atoms with Crippen molar-refractivity contribution in [2.75, 3.05) is 0 Å². The summed E-state index contributed by atoms with van der Waals surface area (Å²) in [5.74, 6) is 2.35. The van der Waals surface area contributed by atoms with Crippen molar-refractivity contribution in [1.82, 2.24) is 0 Å². The lowest BCUT2D eigenvalue weighted by Crippen LogP contribution is -2.29. The second-order valence-corrected chi connectivity index (χ2v) is 7.04. The standard InChI is InChI=1S/C15H24/c1-2-8-14(7-1)11-12-5-3-9-15(12)10-4-6-13(14)15/h12-13H,1-11H2. The van der Waals surface area contributed by atoms with Gasteiger partial charge in [0.25, 0.3) is 0 Å². The van der Waals surface area contributed by atoms with Crippen LogP contribution in [0.15, 0.2) is 0 Å². The highest BCUT2D eigenvalue weighted by Gasteiger charge is 2.64. The normalized spacial score (nSPS) is 51.2. The minimum absolute atomic E-state index is 0.877. The first-order valence-electron chi connectivity index (χ1n) is 7.36. The number of fused-ring (bicyclic) bond motifs is 1. The van der Waals surface area contributed by atoms with Crippen molar-refractivity contribution in [2.24, 2.45) is 22.7 Å². The second-order valence-electron chi connectivity index (χ2n) is 7.04. The average molecular weight is 204 g/mol. The third kappa shape index (κ3) is 0.953. The van der Waals surface area contributed by atoms with E-state index >= 15 is 0 Å². The zero-order chi connectivity index (χ0) is 9.93. The van der Waals surface area contributed by atoms with E-state index in [-0.39, 0.29) is 0 Å². The molecule has 4 fully saturated rings. The van der Waals surface area contributed by atoms with Gasteiger partial charge in [-0.15, -0.1) is 0 Å². The van der Waals surface area contributed by atoms with Gasteiger partial charge in [0.05, 0.1) is 0 Å². The zero-order valence-electron chi connectivity index (χ0n) is 9.93. The fraction of sp³-hybridized carbons (Fsp3) is 1.00. The van der Waals surface area contributed by atoms with Crippen LogP contribution in [0.25, 0.3) is 0 Å². The molecule has 84 valence electrons. The summed E-state index contributed by atoms with van der Waals surface area (Å²) >= 11 is 0. The van der Waals surface area contributed by atoms with Crippen LogP contribution >= 0.6 is 0 Å².